The summed E-state index contributed by atoms with van der Waals surface area (Å²) in [5.41, 5.74) is 2.25. The lowest BCUT2D eigenvalue weighted by molar-refractivity contribution is 0.0929. The standard InChI is InChI=1S/C23H27ClN6O3S/c24-20-3-1-2-19(12-20)15-29-10-8-17(9-11-29)13-26-23(31)22-14-27-30(28-22)16-18-4-6-21(7-5-18)34(25,32)33/h1-7,12,14,17H,8-11,13,15-16H2,(H,26,31)(H2,25,32,33). The summed E-state index contributed by atoms with van der Waals surface area (Å²) < 4.78 is 22.7. The molecule has 180 valence electrons. The van der Waals surface area contributed by atoms with E-state index in [2.05, 4.69) is 26.5 Å². The van der Waals surface area contributed by atoms with E-state index in [0.29, 0.717) is 19.0 Å². The highest BCUT2D eigenvalue weighted by atomic mass is 35.5. The van der Waals surface area contributed by atoms with E-state index >= 15 is 0 Å². The molecule has 34 heavy (non-hydrogen) atoms. The van der Waals surface area contributed by atoms with Gasteiger partial charge in [-0.3, -0.25) is 9.69 Å². The second kappa shape index (κ2) is 10.6. The molecule has 1 amide bonds. The lowest BCUT2D eigenvalue weighted by Gasteiger charge is -2.32. The van der Waals surface area contributed by atoms with Gasteiger partial charge in [-0.2, -0.15) is 9.90 Å². The van der Waals surface area contributed by atoms with Gasteiger partial charge in [-0.15, -0.1) is 5.10 Å². The van der Waals surface area contributed by atoms with E-state index in [1.807, 2.05) is 18.2 Å². The molecule has 11 heteroatoms. The summed E-state index contributed by atoms with van der Waals surface area (Å²) in [6.45, 7) is 3.75. The third kappa shape index (κ3) is 6.63. The van der Waals surface area contributed by atoms with Crippen molar-refractivity contribution >= 4 is 27.5 Å². The van der Waals surface area contributed by atoms with Crippen LogP contribution >= 0.6 is 11.6 Å². The van der Waals surface area contributed by atoms with Crippen molar-refractivity contribution in [3.8, 4) is 0 Å². The summed E-state index contributed by atoms with van der Waals surface area (Å²) in [7, 11) is -3.73. The number of nitrogens with zero attached hydrogens (tertiary/aromatic N) is 4. The summed E-state index contributed by atoms with van der Waals surface area (Å²) in [4.78, 5) is 16.4. The van der Waals surface area contributed by atoms with Gasteiger partial charge in [0.1, 0.15) is 0 Å². The number of halogens is 1. The van der Waals surface area contributed by atoms with Gasteiger partial charge in [0, 0.05) is 18.1 Å². The maximum absolute atomic E-state index is 12.5. The van der Waals surface area contributed by atoms with Crippen LogP contribution in [-0.2, 0) is 23.1 Å². The van der Waals surface area contributed by atoms with E-state index < -0.39 is 10.0 Å². The van der Waals surface area contributed by atoms with Crippen molar-refractivity contribution in [1.82, 2.24) is 25.2 Å². The second-order valence-corrected chi connectivity index (χ2v) is 10.5. The molecule has 0 atom stereocenters. The fourth-order valence-corrected chi connectivity index (χ4v) is 4.72. The van der Waals surface area contributed by atoms with E-state index in [-0.39, 0.29) is 16.5 Å². The molecule has 0 unspecified atom stereocenters. The van der Waals surface area contributed by atoms with Crippen molar-refractivity contribution in [3.63, 3.8) is 0 Å². The van der Waals surface area contributed by atoms with Crippen molar-refractivity contribution in [2.75, 3.05) is 19.6 Å². The number of primary sulfonamides is 1. The van der Waals surface area contributed by atoms with Crippen molar-refractivity contribution < 1.29 is 13.2 Å². The zero-order valence-corrected chi connectivity index (χ0v) is 20.2. The minimum Gasteiger partial charge on any atom is -0.350 e. The van der Waals surface area contributed by atoms with Crippen molar-refractivity contribution in [3.05, 3.63) is 76.6 Å². The van der Waals surface area contributed by atoms with Gasteiger partial charge in [0.2, 0.25) is 10.0 Å². The maximum Gasteiger partial charge on any atom is 0.273 e. The van der Waals surface area contributed by atoms with Crippen LogP contribution in [0.4, 0.5) is 0 Å². The SMILES string of the molecule is NS(=O)(=O)c1ccc(Cn2ncc(C(=O)NCC3CCN(Cc4cccc(Cl)c4)CC3)n2)cc1. The molecular weight excluding hydrogens is 476 g/mol. The van der Waals surface area contributed by atoms with Gasteiger partial charge in [0.25, 0.3) is 5.91 Å². The zero-order valence-electron chi connectivity index (χ0n) is 18.6. The molecule has 2 aromatic carbocycles. The first-order valence-corrected chi connectivity index (χ1v) is 13.0. The van der Waals surface area contributed by atoms with Crippen LogP contribution < -0.4 is 10.5 Å². The Morgan fingerprint density at radius 2 is 1.82 bits per heavy atom. The Labute approximate surface area is 203 Å². The highest BCUT2D eigenvalue weighted by Crippen LogP contribution is 2.20. The molecule has 4 rings (SSSR count). The number of nitrogens with two attached hydrogens (primary N) is 1. The van der Waals surface area contributed by atoms with Crippen LogP contribution in [0.2, 0.25) is 5.02 Å². The number of benzene rings is 2. The number of amides is 1. The highest BCUT2D eigenvalue weighted by molar-refractivity contribution is 7.89. The molecule has 1 saturated heterocycles. The summed E-state index contributed by atoms with van der Waals surface area (Å²) in [5.74, 6) is 0.170. The van der Waals surface area contributed by atoms with Crippen LogP contribution in [0.5, 0.6) is 0 Å². The van der Waals surface area contributed by atoms with Gasteiger partial charge >= 0.3 is 0 Å². The molecular formula is C23H27ClN6O3S. The normalized spacial score (nSPS) is 15.4. The molecule has 0 saturated carbocycles. The Kier molecular flexibility index (Phi) is 7.62. The number of hydrogen-bond donors (Lipinski definition) is 2. The number of piperidine rings is 1. The van der Waals surface area contributed by atoms with Crippen LogP contribution in [0.15, 0.2) is 59.6 Å². The summed E-state index contributed by atoms with van der Waals surface area (Å²) in [6, 6.07) is 14.1. The Morgan fingerprint density at radius 1 is 1.09 bits per heavy atom. The molecule has 0 radical (unpaired) electrons. The Morgan fingerprint density at radius 3 is 2.50 bits per heavy atom. The van der Waals surface area contributed by atoms with E-state index in [1.54, 1.807) is 12.1 Å². The first-order valence-electron chi connectivity index (χ1n) is 11.0. The van der Waals surface area contributed by atoms with Gasteiger partial charge < -0.3 is 5.32 Å². The molecule has 0 bridgehead atoms. The Hall–Kier alpha value is -2.79. The summed E-state index contributed by atoms with van der Waals surface area (Å²) >= 11 is 6.08. The lowest BCUT2D eigenvalue weighted by Crippen LogP contribution is -2.38. The number of nitrogens with one attached hydrogen (secondary N) is 1. The minimum absolute atomic E-state index is 0.0417. The van der Waals surface area contributed by atoms with E-state index in [4.69, 9.17) is 16.7 Å². The van der Waals surface area contributed by atoms with Crippen molar-refractivity contribution in [1.29, 1.82) is 0 Å². The quantitative estimate of drug-likeness (QED) is 0.487. The van der Waals surface area contributed by atoms with Gasteiger partial charge in [-0.1, -0.05) is 35.9 Å². The second-order valence-electron chi connectivity index (χ2n) is 8.51. The summed E-state index contributed by atoms with van der Waals surface area (Å²) in [5, 5.41) is 17.2. The number of carbonyl (C=O) groups is 1. The van der Waals surface area contributed by atoms with Gasteiger partial charge in [-0.25, -0.2) is 13.6 Å². The van der Waals surface area contributed by atoms with E-state index in [1.165, 1.54) is 28.7 Å². The van der Waals surface area contributed by atoms with Crippen LogP contribution in [-0.4, -0.2) is 53.9 Å². The summed E-state index contributed by atoms with van der Waals surface area (Å²) in [6.07, 6.45) is 3.46. The van der Waals surface area contributed by atoms with E-state index in [0.717, 1.165) is 43.1 Å². The molecule has 3 aromatic rings. The first kappa shape index (κ1) is 24.3. The molecule has 1 aromatic heterocycles. The Balaban J connectivity index is 1.22. The monoisotopic (exact) mass is 502 g/mol. The molecule has 0 aliphatic carbocycles. The molecule has 3 N–H and O–H groups in total. The number of hydrogen-bond acceptors (Lipinski definition) is 6. The zero-order chi connectivity index (χ0) is 24.1. The van der Waals surface area contributed by atoms with Crippen LogP contribution in [0.1, 0.15) is 34.5 Å². The third-order valence-corrected chi connectivity index (χ3v) is 7.06. The highest BCUT2D eigenvalue weighted by Gasteiger charge is 2.21. The Bertz CT molecular complexity index is 1240. The van der Waals surface area contributed by atoms with Gasteiger partial charge in [0.05, 0.1) is 17.6 Å². The fourth-order valence-electron chi connectivity index (χ4n) is 4.00. The van der Waals surface area contributed by atoms with Crippen LogP contribution in [0.3, 0.4) is 0 Å². The molecule has 1 fully saturated rings. The number of likely N-dealkylation sites (tertiary alicyclic amines) is 1. The minimum atomic E-state index is -3.73. The molecule has 2 heterocycles. The fraction of sp³-hybridized carbons (Fsp3) is 0.348. The largest absolute Gasteiger partial charge is 0.350 e. The molecule has 9 nitrogen and oxygen atoms in total. The van der Waals surface area contributed by atoms with Crippen LogP contribution in [0.25, 0.3) is 0 Å². The van der Waals surface area contributed by atoms with Gasteiger partial charge in [0.15, 0.2) is 5.69 Å². The third-order valence-electron chi connectivity index (χ3n) is 5.90. The molecule has 0 spiro atoms. The molecule has 1 aliphatic heterocycles. The number of aromatic nitrogens is 3. The number of carbonyl (C=O) groups excluding carboxylic acids is 1. The molecule has 1 aliphatic rings. The van der Waals surface area contributed by atoms with E-state index in [9.17, 15) is 13.2 Å². The van der Waals surface area contributed by atoms with Crippen molar-refractivity contribution in [2.45, 2.75) is 30.8 Å². The smallest absolute Gasteiger partial charge is 0.273 e. The lowest BCUT2D eigenvalue weighted by atomic mass is 9.96. The number of rotatable bonds is 8. The predicted molar refractivity (Wildman–Crippen MR) is 129 cm³/mol. The maximum atomic E-state index is 12.5. The average molecular weight is 503 g/mol. The average Bonchev–Trinajstić information content (AvgIpc) is 3.27. The topological polar surface area (TPSA) is 123 Å². The van der Waals surface area contributed by atoms with Crippen LogP contribution in [0, 0.1) is 5.92 Å². The predicted octanol–water partition coefficient (Wildman–Crippen LogP) is 2.27. The number of sulfonamides is 1. The van der Waals surface area contributed by atoms with Crippen molar-refractivity contribution in [2.24, 2.45) is 11.1 Å². The first-order chi connectivity index (χ1) is 16.3. The van der Waals surface area contributed by atoms with Gasteiger partial charge in [-0.05, 0) is 67.2 Å².